The Kier molecular flexibility index (Phi) is 4.74. The van der Waals surface area contributed by atoms with E-state index >= 15 is 0 Å². The third-order valence-electron chi connectivity index (χ3n) is 3.49. The van der Waals surface area contributed by atoms with Crippen LogP contribution in [0.4, 0.5) is 0 Å². The molecule has 1 aliphatic carbocycles. The van der Waals surface area contributed by atoms with E-state index in [0.29, 0.717) is 18.7 Å². The van der Waals surface area contributed by atoms with Crippen molar-refractivity contribution in [1.29, 1.82) is 0 Å². The van der Waals surface area contributed by atoms with Gasteiger partial charge >= 0.3 is 0 Å². The van der Waals surface area contributed by atoms with E-state index in [1.165, 1.54) is 0 Å². The molecule has 1 fully saturated rings. The molecule has 4 N–H and O–H groups in total. The second-order valence-electron chi connectivity index (χ2n) is 5.25. The topological polar surface area (TPSA) is 84.2 Å². The third-order valence-corrected chi connectivity index (χ3v) is 3.49. The molecule has 0 heterocycles. The van der Waals surface area contributed by atoms with Crippen LogP contribution in [0, 0.1) is 12.8 Å². The summed E-state index contributed by atoms with van der Waals surface area (Å²) < 4.78 is 0. The fraction of sp³-hybridized carbons (Fsp3) is 0.467. The first-order valence-electron chi connectivity index (χ1n) is 6.95. The number of nitrogens with two attached hydrogens (primary N) is 1. The van der Waals surface area contributed by atoms with Gasteiger partial charge in [0.2, 0.25) is 11.8 Å². The van der Waals surface area contributed by atoms with E-state index in [9.17, 15) is 9.59 Å². The second kappa shape index (κ2) is 6.52. The molecule has 2 rings (SSSR count). The summed E-state index contributed by atoms with van der Waals surface area (Å²) in [5, 5.41) is 6.18. The van der Waals surface area contributed by atoms with Crippen molar-refractivity contribution in [2.24, 2.45) is 11.7 Å². The lowest BCUT2D eigenvalue weighted by Crippen LogP contribution is -2.32. The highest BCUT2D eigenvalue weighted by molar-refractivity contribution is 5.93. The van der Waals surface area contributed by atoms with E-state index in [4.69, 9.17) is 5.73 Å². The molecule has 0 aliphatic heterocycles. The Labute approximate surface area is 118 Å². The molecular formula is C15H21N3O2. The minimum Gasteiger partial charge on any atom is -0.366 e. The summed E-state index contributed by atoms with van der Waals surface area (Å²) in [7, 11) is 0. The Balaban J connectivity index is 1.70. The van der Waals surface area contributed by atoms with Gasteiger partial charge in [-0.2, -0.15) is 0 Å². The molecule has 5 heteroatoms. The normalized spacial score (nSPS) is 14.1. The van der Waals surface area contributed by atoms with Gasteiger partial charge in [-0.25, -0.2) is 0 Å². The highest BCUT2D eigenvalue weighted by Crippen LogP contribution is 2.28. The van der Waals surface area contributed by atoms with Crippen LogP contribution in [0.15, 0.2) is 18.2 Å². The van der Waals surface area contributed by atoms with Crippen LogP contribution in [-0.4, -0.2) is 24.9 Å². The van der Waals surface area contributed by atoms with Gasteiger partial charge in [0.05, 0.1) is 0 Å². The molecule has 1 aromatic rings. The zero-order valence-electron chi connectivity index (χ0n) is 11.7. The Hall–Kier alpha value is -1.88. The van der Waals surface area contributed by atoms with E-state index in [-0.39, 0.29) is 11.8 Å². The van der Waals surface area contributed by atoms with E-state index in [0.717, 1.165) is 30.5 Å². The van der Waals surface area contributed by atoms with Gasteiger partial charge in [0, 0.05) is 31.1 Å². The van der Waals surface area contributed by atoms with E-state index < -0.39 is 5.91 Å². The van der Waals surface area contributed by atoms with Crippen LogP contribution in [0.3, 0.4) is 0 Å². The van der Waals surface area contributed by atoms with Crippen LogP contribution < -0.4 is 16.4 Å². The van der Waals surface area contributed by atoms with Crippen molar-refractivity contribution in [2.75, 3.05) is 13.1 Å². The summed E-state index contributed by atoms with van der Waals surface area (Å²) in [5.41, 5.74) is 7.93. The molecule has 0 saturated heterocycles. The van der Waals surface area contributed by atoms with Crippen LogP contribution in [0.2, 0.25) is 0 Å². The molecular weight excluding hydrogens is 254 g/mol. The SMILES string of the molecule is Cc1cc(C(N)=O)ccc1CNCCNC(=O)C1CC1. The molecule has 2 amide bonds. The van der Waals surface area contributed by atoms with Crippen molar-refractivity contribution < 1.29 is 9.59 Å². The molecule has 108 valence electrons. The summed E-state index contributed by atoms with van der Waals surface area (Å²) in [5.74, 6) is 0.0303. The van der Waals surface area contributed by atoms with E-state index in [2.05, 4.69) is 10.6 Å². The minimum absolute atomic E-state index is 0.175. The van der Waals surface area contributed by atoms with Gasteiger partial charge in [0.15, 0.2) is 0 Å². The average Bonchev–Trinajstić information content (AvgIpc) is 3.23. The molecule has 1 aliphatic rings. The second-order valence-corrected chi connectivity index (χ2v) is 5.25. The summed E-state index contributed by atoms with van der Waals surface area (Å²) in [6.07, 6.45) is 2.06. The standard InChI is InChI=1S/C15H21N3O2/c1-10-8-12(14(16)19)4-5-13(10)9-17-6-7-18-15(20)11-2-3-11/h4-5,8,11,17H,2-3,6-7,9H2,1H3,(H2,16,19)(H,18,20). The van der Waals surface area contributed by atoms with E-state index in [1.54, 1.807) is 12.1 Å². The predicted octanol–water partition coefficient (Wildman–Crippen LogP) is 0.710. The van der Waals surface area contributed by atoms with Crippen molar-refractivity contribution in [1.82, 2.24) is 10.6 Å². The van der Waals surface area contributed by atoms with E-state index in [1.807, 2.05) is 13.0 Å². The number of carbonyl (C=O) groups excluding carboxylic acids is 2. The first kappa shape index (κ1) is 14.5. The highest BCUT2D eigenvalue weighted by atomic mass is 16.2. The average molecular weight is 275 g/mol. The molecule has 0 unspecified atom stereocenters. The first-order valence-corrected chi connectivity index (χ1v) is 6.95. The lowest BCUT2D eigenvalue weighted by Gasteiger charge is -2.09. The zero-order chi connectivity index (χ0) is 14.5. The van der Waals surface area contributed by atoms with Crippen LogP contribution in [-0.2, 0) is 11.3 Å². The fourth-order valence-electron chi connectivity index (χ4n) is 2.03. The Morgan fingerprint density at radius 1 is 1.30 bits per heavy atom. The maximum absolute atomic E-state index is 11.4. The van der Waals surface area contributed by atoms with Gasteiger partial charge in [-0.3, -0.25) is 9.59 Å². The summed E-state index contributed by atoms with van der Waals surface area (Å²) in [6.45, 7) is 4.05. The Morgan fingerprint density at radius 2 is 2.05 bits per heavy atom. The number of nitrogens with one attached hydrogen (secondary N) is 2. The lowest BCUT2D eigenvalue weighted by atomic mass is 10.0. The van der Waals surface area contributed by atoms with Crippen molar-refractivity contribution in [3.05, 3.63) is 34.9 Å². The number of hydrogen-bond acceptors (Lipinski definition) is 3. The molecule has 0 radical (unpaired) electrons. The van der Waals surface area contributed by atoms with Crippen LogP contribution in [0.1, 0.15) is 34.3 Å². The van der Waals surface area contributed by atoms with Gasteiger partial charge in [-0.05, 0) is 43.0 Å². The fourth-order valence-corrected chi connectivity index (χ4v) is 2.03. The van der Waals surface area contributed by atoms with Crippen LogP contribution in [0.25, 0.3) is 0 Å². The molecule has 5 nitrogen and oxygen atoms in total. The zero-order valence-corrected chi connectivity index (χ0v) is 11.7. The predicted molar refractivity (Wildman–Crippen MR) is 77.1 cm³/mol. The monoisotopic (exact) mass is 275 g/mol. The Morgan fingerprint density at radius 3 is 2.65 bits per heavy atom. The van der Waals surface area contributed by atoms with Crippen molar-refractivity contribution in [2.45, 2.75) is 26.3 Å². The van der Waals surface area contributed by atoms with Crippen LogP contribution >= 0.6 is 0 Å². The van der Waals surface area contributed by atoms with Gasteiger partial charge in [0.1, 0.15) is 0 Å². The van der Waals surface area contributed by atoms with Crippen LogP contribution in [0.5, 0.6) is 0 Å². The van der Waals surface area contributed by atoms with Crippen molar-refractivity contribution >= 4 is 11.8 Å². The number of carbonyl (C=O) groups is 2. The first-order chi connectivity index (χ1) is 9.58. The van der Waals surface area contributed by atoms with Crippen molar-refractivity contribution in [3.63, 3.8) is 0 Å². The van der Waals surface area contributed by atoms with Gasteiger partial charge in [-0.15, -0.1) is 0 Å². The maximum atomic E-state index is 11.4. The lowest BCUT2D eigenvalue weighted by molar-refractivity contribution is -0.122. The number of rotatable bonds is 7. The largest absolute Gasteiger partial charge is 0.366 e. The molecule has 0 atom stereocenters. The number of hydrogen-bond donors (Lipinski definition) is 3. The van der Waals surface area contributed by atoms with Gasteiger partial charge in [-0.1, -0.05) is 6.07 Å². The summed E-state index contributed by atoms with van der Waals surface area (Å²) in [6, 6.07) is 5.45. The number of benzene rings is 1. The number of primary amides is 1. The quantitative estimate of drug-likeness (QED) is 0.641. The summed E-state index contributed by atoms with van der Waals surface area (Å²) >= 11 is 0. The minimum atomic E-state index is -0.407. The Bertz CT molecular complexity index is 510. The van der Waals surface area contributed by atoms with Crippen molar-refractivity contribution in [3.8, 4) is 0 Å². The van der Waals surface area contributed by atoms with Gasteiger partial charge < -0.3 is 16.4 Å². The maximum Gasteiger partial charge on any atom is 0.248 e. The van der Waals surface area contributed by atoms with Gasteiger partial charge in [0.25, 0.3) is 0 Å². The molecule has 1 aromatic carbocycles. The summed E-state index contributed by atoms with van der Waals surface area (Å²) in [4.78, 5) is 22.5. The molecule has 20 heavy (non-hydrogen) atoms. The molecule has 0 aromatic heterocycles. The number of amides is 2. The highest BCUT2D eigenvalue weighted by Gasteiger charge is 2.28. The smallest absolute Gasteiger partial charge is 0.248 e. The molecule has 1 saturated carbocycles. The molecule has 0 bridgehead atoms. The molecule has 0 spiro atoms. The third kappa shape index (κ3) is 4.06. The number of aryl methyl sites for hydroxylation is 1.